The molecule has 0 bridgehead atoms. The Labute approximate surface area is 130 Å². The van der Waals surface area contributed by atoms with E-state index in [4.69, 9.17) is 4.74 Å². The van der Waals surface area contributed by atoms with Gasteiger partial charge in [0.1, 0.15) is 5.56 Å². The highest BCUT2D eigenvalue weighted by molar-refractivity contribution is 5.94. The summed E-state index contributed by atoms with van der Waals surface area (Å²) in [5, 5.41) is 7.54. The van der Waals surface area contributed by atoms with Crippen molar-refractivity contribution in [1.82, 2.24) is 20.0 Å². The van der Waals surface area contributed by atoms with Crippen molar-refractivity contribution in [3.63, 3.8) is 0 Å². The first kappa shape index (κ1) is 16.6. The molecule has 1 aliphatic rings. The number of piperazine rings is 1. The van der Waals surface area contributed by atoms with Crippen LogP contribution in [0.25, 0.3) is 0 Å². The van der Waals surface area contributed by atoms with Gasteiger partial charge in [0.25, 0.3) is 11.5 Å². The molecule has 1 aromatic heterocycles. The van der Waals surface area contributed by atoms with Crippen molar-refractivity contribution < 1.29 is 9.53 Å². The molecule has 7 nitrogen and oxygen atoms in total. The summed E-state index contributed by atoms with van der Waals surface area (Å²) >= 11 is 0. The fourth-order valence-electron chi connectivity index (χ4n) is 2.37. The summed E-state index contributed by atoms with van der Waals surface area (Å²) in [6.45, 7) is 7.47. The van der Waals surface area contributed by atoms with Crippen LogP contribution in [-0.4, -0.2) is 60.5 Å². The van der Waals surface area contributed by atoms with Gasteiger partial charge in [-0.05, 0) is 12.0 Å². The molecule has 7 heteroatoms. The van der Waals surface area contributed by atoms with E-state index in [0.717, 1.165) is 18.8 Å². The van der Waals surface area contributed by atoms with Crippen LogP contribution in [0, 0.1) is 0 Å². The Morgan fingerprint density at radius 1 is 1.41 bits per heavy atom. The monoisotopic (exact) mass is 308 g/mol. The van der Waals surface area contributed by atoms with E-state index in [1.54, 1.807) is 18.1 Å². The summed E-state index contributed by atoms with van der Waals surface area (Å²) in [4.78, 5) is 26.9. The number of rotatable bonds is 5. The standard InChI is InChI=1S/C15H24N4O3/c1-11(2)13-10-12(14(20)18-6-4-16-5-7-18)15(21)19(17-13)8-9-22-3/h10-11,16H,4-9H2,1-3H3. The maximum absolute atomic E-state index is 12.6. The molecule has 0 spiro atoms. The minimum Gasteiger partial charge on any atom is -0.383 e. The van der Waals surface area contributed by atoms with E-state index in [1.807, 2.05) is 13.8 Å². The van der Waals surface area contributed by atoms with Gasteiger partial charge in [-0.25, -0.2) is 4.68 Å². The van der Waals surface area contributed by atoms with Crippen LogP contribution in [0.1, 0.15) is 35.8 Å². The van der Waals surface area contributed by atoms with Gasteiger partial charge in [-0.15, -0.1) is 0 Å². The van der Waals surface area contributed by atoms with Crippen molar-refractivity contribution in [2.75, 3.05) is 39.9 Å². The largest absolute Gasteiger partial charge is 0.383 e. The molecule has 1 saturated heterocycles. The number of ether oxygens (including phenoxy) is 1. The Bertz CT molecular complexity index is 577. The third kappa shape index (κ3) is 3.72. The van der Waals surface area contributed by atoms with Gasteiger partial charge in [-0.1, -0.05) is 13.8 Å². The van der Waals surface area contributed by atoms with Gasteiger partial charge in [0.05, 0.1) is 18.8 Å². The van der Waals surface area contributed by atoms with Crippen molar-refractivity contribution in [2.24, 2.45) is 0 Å². The minimum absolute atomic E-state index is 0.143. The van der Waals surface area contributed by atoms with E-state index >= 15 is 0 Å². The van der Waals surface area contributed by atoms with Crippen molar-refractivity contribution in [3.05, 3.63) is 27.7 Å². The van der Waals surface area contributed by atoms with Crippen molar-refractivity contribution in [2.45, 2.75) is 26.3 Å². The van der Waals surface area contributed by atoms with E-state index < -0.39 is 0 Å². The first-order chi connectivity index (χ1) is 10.5. The lowest BCUT2D eigenvalue weighted by Crippen LogP contribution is -2.48. The lowest BCUT2D eigenvalue weighted by molar-refractivity contribution is 0.0732. The zero-order valence-corrected chi connectivity index (χ0v) is 13.5. The number of nitrogens with one attached hydrogen (secondary N) is 1. The van der Waals surface area contributed by atoms with Gasteiger partial charge < -0.3 is 15.0 Å². The summed E-state index contributed by atoms with van der Waals surface area (Å²) < 4.78 is 6.36. The molecule has 22 heavy (non-hydrogen) atoms. The van der Waals surface area contributed by atoms with E-state index in [-0.39, 0.29) is 22.9 Å². The van der Waals surface area contributed by atoms with Crippen LogP contribution in [0.3, 0.4) is 0 Å². The third-order valence-electron chi connectivity index (χ3n) is 3.73. The maximum Gasteiger partial charge on any atom is 0.279 e. The number of hydrogen-bond donors (Lipinski definition) is 1. The molecule has 1 aromatic rings. The second kappa shape index (κ2) is 7.51. The van der Waals surface area contributed by atoms with Crippen LogP contribution in [-0.2, 0) is 11.3 Å². The highest BCUT2D eigenvalue weighted by Crippen LogP contribution is 2.12. The molecule has 0 saturated carbocycles. The molecule has 0 unspecified atom stereocenters. The number of aromatic nitrogens is 2. The van der Waals surface area contributed by atoms with Crippen molar-refractivity contribution in [1.29, 1.82) is 0 Å². The van der Waals surface area contributed by atoms with Gasteiger partial charge in [0.15, 0.2) is 0 Å². The van der Waals surface area contributed by atoms with E-state index in [0.29, 0.717) is 26.2 Å². The van der Waals surface area contributed by atoms with Crippen molar-refractivity contribution in [3.8, 4) is 0 Å². The SMILES string of the molecule is COCCn1nc(C(C)C)cc(C(=O)N2CCNCC2)c1=O. The van der Waals surface area contributed by atoms with E-state index in [2.05, 4.69) is 10.4 Å². The predicted octanol–water partition coefficient (Wildman–Crippen LogP) is 0.0585. The first-order valence-corrected chi connectivity index (χ1v) is 7.65. The van der Waals surface area contributed by atoms with Crippen LogP contribution >= 0.6 is 0 Å². The molecular formula is C15H24N4O3. The molecule has 0 atom stereocenters. The molecule has 0 aliphatic carbocycles. The topological polar surface area (TPSA) is 76.5 Å². The molecule has 0 aromatic carbocycles. The average Bonchev–Trinajstić information content (AvgIpc) is 2.54. The number of hydrogen-bond acceptors (Lipinski definition) is 5. The lowest BCUT2D eigenvalue weighted by Gasteiger charge is -2.27. The Balaban J connectivity index is 2.37. The Hall–Kier alpha value is -1.73. The summed E-state index contributed by atoms with van der Waals surface area (Å²) in [5.41, 5.74) is 0.607. The minimum atomic E-state index is -0.343. The fourth-order valence-corrected chi connectivity index (χ4v) is 2.37. The molecule has 122 valence electrons. The molecular weight excluding hydrogens is 284 g/mol. The fraction of sp³-hybridized carbons (Fsp3) is 0.667. The molecule has 1 fully saturated rings. The predicted molar refractivity (Wildman–Crippen MR) is 83.2 cm³/mol. The number of carbonyl (C=O) groups is 1. The van der Waals surface area contributed by atoms with Gasteiger partial charge >= 0.3 is 0 Å². The number of methoxy groups -OCH3 is 1. The number of nitrogens with zero attached hydrogens (tertiary/aromatic N) is 3. The average molecular weight is 308 g/mol. The molecule has 2 rings (SSSR count). The molecule has 0 radical (unpaired) electrons. The van der Waals surface area contributed by atoms with Gasteiger partial charge in [-0.2, -0.15) is 5.10 Å². The Morgan fingerprint density at radius 3 is 2.68 bits per heavy atom. The zero-order chi connectivity index (χ0) is 16.1. The Morgan fingerprint density at radius 2 is 2.09 bits per heavy atom. The zero-order valence-electron chi connectivity index (χ0n) is 13.5. The third-order valence-corrected chi connectivity index (χ3v) is 3.73. The van der Waals surface area contributed by atoms with Gasteiger partial charge in [0.2, 0.25) is 0 Å². The summed E-state index contributed by atoms with van der Waals surface area (Å²) in [6, 6.07) is 1.64. The molecule has 1 N–H and O–H groups in total. The second-order valence-corrected chi connectivity index (χ2v) is 5.70. The van der Waals surface area contributed by atoms with Crippen molar-refractivity contribution >= 4 is 5.91 Å². The lowest BCUT2D eigenvalue weighted by atomic mass is 10.1. The van der Waals surface area contributed by atoms with Crippen LogP contribution in [0.2, 0.25) is 0 Å². The smallest absolute Gasteiger partial charge is 0.279 e. The molecule has 2 heterocycles. The van der Waals surface area contributed by atoms with Gasteiger partial charge in [-0.3, -0.25) is 9.59 Å². The van der Waals surface area contributed by atoms with E-state index in [1.165, 1.54) is 4.68 Å². The maximum atomic E-state index is 12.6. The van der Waals surface area contributed by atoms with Gasteiger partial charge in [0, 0.05) is 33.3 Å². The normalized spacial score (nSPS) is 15.4. The number of carbonyl (C=O) groups excluding carboxylic acids is 1. The van der Waals surface area contributed by atoms with Crippen LogP contribution in [0.4, 0.5) is 0 Å². The highest BCUT2D eigenvalue weighted by atomic mass is 16.5. The van der Waals surface area contributed by atoms with Crippen LogP contribution in [0.5, 0.6) is 0 Å². The molecule has 1 aliphatic heterocycles. The summed E-state index contributed by atoms with van der Waals surface area (Å²) in [6.07, 6.45) is 0. The first-order valence-electron chi connectivity index (χ1n) is 7.65. The quantitative estimate of drug-likeness (QED) is 0.832. The number of amides is 1. The van der Waals surface area contributed by atoms with Crippen LogP contribution in [0.15, 0.2) is 10.9 Å². The Kier molecular flexibility index (Phi) is 5.68. The second-order valence-electron chi connectivity index (χ2n) is 5.70. The summed E-state index contributed by atoms with van der Waals surface area (Å²) in [5.74, 6) is -0.0639. The molecule has 1 amide bonds. The summed E-state index contributed by atoms with van der Waals surface area (Å²) in [7, 11) is 1.57. The van der Waals surface area contributed by atoms with E-state index in [9.17, 15) is 9.59 Å². The van der Waals surface area contributed by atoms with Crippen LogP contribution < -0.4 is 10.9 Å². The highest BCUT2D eigenvalue weighted by Gasteiger charge is 2.23.